The van der Waals surface area contributed by atoms with Crippen molar-refractivity contribution in [2.24, 2.45) is 0 Å². The van der Waals surface area contributed by atoms with E-state index in [1.165, 1.54) is 6.92 Å². The maximum absolute atomic E-state index is 13.3. The van der Waals surface area contributed by atoms with E-state index in [2.05, 4.69) is 0 Å². The molecule has 1 N–H and O–H groups in total. The predicted molar refractivity (Wildman–Crippen MR) is 53.6 cm³/mol. The molecule has 0 fully saturated rings. The molecule has 1 aromatic carbocycles. The number of aliphatic hydroxyl groups excluding tert-OH is 1. The molecule has 0 aliphatic heterocycles. The van der Waals surface area contributed by atoms with Gasteiger partial charge in [0, 0.05) is 25.2 Å². The van der Waals surface area contributed by atoms with E-state index in [1.54, 1.807) is 0 Å². The second kappa shape index (κ2) is 5.55. The fourth-order valence-corrected chi connectivity index (χ4v) is 1.25. The van der Waals surface area contributed by atoms with Crippen LogP contribution in [0.4, 0.5) is 8.78 Å². The first kappa shape index (κ1) is 12.6. The quantitative estimate of drug-likeness (QED) is 0.621. The number of aliphatic hydroxyl groups is 1. The Labute approximate surface area is 91.7 Å². The number of carbonyl (C=O) groups excluding carboxylic acids is 1. The van der Waals surface area contributed by atoms with E-state index in [0.29, 0.717) is 12.5 Å². The average Bonchev–Trinajstić information content (AvgIpc) is 2.16. The highest BCUT2D eigenvalue weighted by atomic mass is 19.1. The van der Waals surface area contributed by atoms with Crippen molar-refractivity contribution in [1.29, 1.82) is 0 Å². The molecule has 88 valence electrons. The Bertz CT molecular complexity index is 391. The van der Waals surface area contributed by atoms with Gasteiger partial charge < -0.3 is 9.84 Å². The standard InChI is InChI=1S/C11H12F2O3/c1-7(15)11-9(13)5-8(12)6-10(11)16-4-2-3-14/h5-6,14H,2-4H2,1H3. The molecule has 3 nitrogen and oxygen atoms in total. The lowest BCUT2D eigenvalue weighted by molar-refractivity contribution is 0.100. The second-order valence-corrected chi connectivity index (χ2v) is 3.24. The number of Topliss-reactive ketones (excluding diaryl/α,β-unsaturated/α-hetero) is 1. The topological polar surface area (TPSA) is 46.5 Å². The normalized spacial score (nSPS) is 10.2. The van der Waals surface area contributed by atoms with E-state index < -0.39 is 17.4 Å². The lowest BCUT2D eigenvalue weighted by Gasteiger charge is -2.10. The van der Waals surface area contributed by atoms with Crippen LogP contribution in [-0.4, -0.2) is 24.1 Å². The Morgan fingerprint density at radius 3 is 2.69 bits per heavy atom. The van der Waals surface area contributed by atoms with Gasteiger partial charge in [-0.05, 0) is 6.92 Å². The fourth-order valence-electron chi connectivity index (χ4n) is 1.25. The van der Waals surface area contributed by atoms with Gasteiger partial charge in [0.05, 0.1) is 12.2 Å². The van der Waals surface area contributed by atoms with E-state index >= 15 is 0 Å². The summed E-state index contributed by atoms with van der Waals surface area (Å²) in [5, 5.41) is 8.54. The average molecular weight is 230 g/mol. The van der Waals surface area contributed by atoms with Crippen LogP contribution >= 0.6 is 0 Å². The molecule has 0 amide bonds. The summed E-state index contributed by atoms with van der Waals surface area (Å²) in [6.07, 6.45) is 0.329. The number of halogens is 2. The summed E-state index contributed by atoms with van der Waals surface area (Å²) in [6.45, 7) is 1.18. The third kappa shape index (κ3) is 3.00. The van der Waals surface area contributed by atoms with Crippen molar-refractivity contribution in [2.45, 2.75) is 13.3 Å². The van der Waals surface area contributed by atoms with Gasteiger partial charge in [-0.25, -0.2) is 8.78 Å². The number of benzene rings is 1. The monoisotopic (exact) mass is 230 g/mol. The van der Waals surface area contributed by atoms with Crippen molar-refractivity contribution in [3.63, 3.8) is 0 Å². The number of hydrogen-bond donors (Lipinski definition) is 1. The van der Waals surface area contributed by atoms with Crippen molar-refractivity contribution in [2.75, 3.05) is 13.2 Å². The number of ether oxygens (including phenoxy) is 1. The van der Waals surface area contributed by atoms with Crippen molar-refractivity contribution in [3.8, 4) is 5.75 Å². The molecule has 0 saturated carbocycles. The van der Waals surface area contributed by atoms with Gasteiger partial charge in [-0.1, -0.05) is 0 Å². The molecule has 0 aromatic heterocycles. The lowest BCUT2D eigenvalue weighted by Crippen LogP contribution is -2.07. The first-order valence-electron chi connectivity index (χ1n) is 4.80. The highest BCUT2D eigenvalue weighted by molar-refractivity contribution is 5.97. The molecule has 1 rings (SSSR count). The first-order chi connectivity index (χ1) is 7.56. The van der Waals surface area contributed by atoms with Crippen LogP contribution in [-0.2, 0) is 0 Å². The van der Waals surface area contributed by atoms with Crippen molar-refractivity contribution < 1.29 is 23.4 Å². The summed E-state index contributed by atoms with van der Waals surface area (Å²) in [4.78, 5) is 11.1. The van der Waals surface area contributed by atoms with Crippen molar-refractivity contribution >= 4 is 5.78 Å². The minimum atomic E-state index is -0.938. The summed E-state index contributed by atoms with van der Waals surface area (Å²) >= 11 is 0. The molecule has 0 aliphatic carbocycles. The molecule has 0 heterocycles. The van der Waals surface area contributed by atoms with Crippen LogP contribution in [0, 0.1) is 11.6 Å². The summed E-state index contributed by atoms with van der Waals surface area (Å²) in [7, 11) is 0. The number of hydrogen-bond acceptors (Lipinski definition) is 3. The third-order valence-corrected chi connectivity index (χ3v) is 1.93. The minimum absolute atomic E-state index is 0.0901. The van der Waals surface area contributed by atoms with Crippen LogP contribution in [0.1, 0.15) is 23.7 Å². The van der Waals surface area contributed by atoms with E-state index in [0.717, 1.165) is 6.07 Å². The minimum Gasteiger partial charge on any atom is -0.493 e. The molecule has 0 aliphatic rings. The molecule has 0 radical (unpaired) electrons. The maximum atomic E-state index is 13.3. The molecule has 5 heteroatoms. The van der Waals surface area contributed by atoms with Gasteiger partial charge in [0.25, 0.3) is 0 Å². The van der Waals surface area contributed by atoms with Gasteiger partial charge in [0.15, 0.2) is 5.78 Å². The zero-order chi connectivity index (χ0) is 12.1. The van der Waals surface area contributed by atoms with Crippen LogP contribution < -0.4 is 4.74 Å². The Hall–Kier alpha value is -1.49. The van der Waals surface area contributed by atoms with Crippen LogP contribution in [0.15, 0.2) is 12.1 Å². The summed E-state index contributed by atoms with van der Waals surface area (Å²) < 4.78 is 31.2. The molecule has 16 heavy (non-hydrogen) atoms. The van der Waals surface area contributed by atoms with Crippen LogP contribution in [0.2, 0.25) is 0 Å². The number of carbonyl (C=O) groups is 1. The molecule has 1 aromatic rings. The Morgan fingerprint density at radius 1 is 1.44 bits per heavy atom. The van der Waals surface area contributed by atoms with Crippen molar-refractivity contribution in [3.05, 3.63) is 29.3 Å². The van der Waals surface area contributed by atoms with Gasteiger partial charge in [0.1, 0.15) is 17.4 Å². The van der Waals surface area contributed by atoms with Crippen LogP contribution in [0.5, 0.6) is 5.75 Å². The van der Waals surface area contributed by atoms with E-state index in [9.17, 15) is 13.6 Å². The third-order valence-electron chi connectivity index (χ3n) is 1.93. The lowest BCUT2D eigenvalue weighted by atomic mass is 10.1. The maximum Gasteiger partial charge on any atom is 0.166 e. The van der Waals surface area contributed by atoms with Gasteiger partial charge in [-0.3, -0.25) is 4.79 Å². The molecule has 0 unspecified atom stereocenters. The smallest absolute Gasteiger partial charge is 0.166 e. The highest BCUT2D eigenvalue weighted by Crippen LogP contribution is 2.24. The van der Waals surface area contributed by atoms with E-state index in [1.807, 2.05) is 0 Å². The molecule has 0 spiro atoms. The van der Waals surface area contributed by atoms with Gasteiger partial charge in [-0.15, -0.1) is 0 Å². The zero-order valence-electron chi connectivity index (χ0n) is 8.80. The molecule has 0 bridgehead atoms. The number of rotatable bonds is 5. The second-order valence-electron chi connectivity index (χ2n) is 3.24. The molecular weight excluding hydrogens is 218 g/mol. The largest absolute Gasteiger partial charge is 0.493 e. The Kier molecular flexibility index (Phi) is 4.37. The van der Waals surface area contributed by atoms with Crippen LogP contribution in [0.3, 0.4) is 0 Å². The summed E-state index contributed by atoms with van der Waals surface area (Å²) in [5.74, 6) is -2.40. The zero-order valence-corrected chi connectivity index (χ0v) is 8.80. The summed E-state index contributed by atoms with van der Waals surface area (Å²) in [5.41, 5.74) is -0.265. The summed E-state index contributed by atoms with van der Waals surface area (Å²) in [6, 6.07) is 1.59. The van der Waals surface area contributed by atoms with E-state index in [-0.39, 0.29) is 24.5 Å². The molecular formula is C11H12F2O3. The van der Waals surface area contributed by atoms with Crippen molar-refractivity contribution in [1.82, 2.24) is 0 Å². The van der Waals surface area contributed by atoms with E-state index in [4.69, 9.17) is 9.84 Å². The SMILES string of the molecule is CC(=O)c1c(F)cc(F)cc1OCCCO. The Morgan fingerprint density at radius 2 is 2.12 bits per heavy atom. The number of ketones is 1. The molecule has 0 saturated heterocycles. The first-order valence-corrected chi connectivity index (χ1v) is 4.80. The molecule has 0 atom stereocenters. The van der Waals surface area contributed by atoms with Gasteiger partial charge in [-0.2, -0.15) is 0 Å². The van der Waals surface area contributed by atoms with Gasteiger partial charge in [0.2, 0.25) is 0 Å². The van der Waals surface area contributed by atoms with Gasteiger partial charge >= 0.3 is 0 Å². The Balaban J connectivity index is 2.99. The predicted octanol–water partition coefficient (Wildman–Crippen LogP) is 1.93. The van der Waals surface area contributed by atoms with Crippen LogP contribution in [0.25, 0.3) is 0 Å². The fraction of sp³-hybridized carbons (Fsp3) is 0.364. The highest BCUT2D eigenvalue weighted by Gasteiger charge is 2.16.